The Morgan fingerprint density at radius 3 is 1.42 bits per heavy atom. The van der Waals surface area contributed by atoms with Crippen LogP contribution in [-0.2, 0) is 9.59 Å². The van der Waals surface area contributed by atoms with Crippen LogP contribution in [0.25, 0.3) is 12.2 Å². The predicted octanol–water partition coefficient (Wildman–Crippen LogP) is 2.06. The number of hydrogen-bond acceptors (Lipinski definition) is 4. The lowest BCUT2D eigenvalue weighted by Gasteiger charge is -2.03. The highest BCUT2D eigenvalue weighted by Gasteiger charge is 2.25. The summed E-state index contributed by atoms with van der Waals surface area (Å²) in [5.41, 5.74) is 1.51. The number of benzene rings is 1. The second-order valence-electron chi connectivity index (χ2n) is 6.50. The van der Waals surface area contributed by atoms with Gasteiger partial charge in [0, 0.05) is 12.1 Å². The van der Waals surface area contributed by atoms with Gasteiger partial charge >= 0.3 is 0 Å². The van der Waals surface area contributed by atoms with E-state index in [9.17, 15) is 9.59 Å². The molecule has 0 aromatic heterocycles. The Morgan fingerprint density at radius 1 is 0.808 bits per heavy atom. The number of nitriles is 2. The van der Waals surface area contributed by atoms with E-state index in [0.717, 1.165) is 25.7 Å². The molecule has 3 rings (SSSR count). The second-order valence-corrected chi connectivity index (χ2v) is 6.50. The van der Waals surface area contributed by atoms with Gasteiger partial charge in [-0.2, -0.15) is 10.5 Å². The SMILES string of the molecule is N#CC(=Cc1ccc(C=C(C#N)C(=O)NC2CC2)cc1)C(=O)NC1CC1. The van der Waals surface area contributed by atoms with E-state index in [-0.39, 0.29) is 35.0 Å². The third-order valence-corrected chi connectivity index (χ3v) is 4.11. The number of amides is 2. The fourth-order valence-corrected chi connectivity index (χ4v) is 2.30. The van der Waals surface area contributed by atoms with Crippen LogP contribution in [0.1, 0.15) is 36.8 Å². The highest BCUT2D eigenvalue weighted by molar-refractivity contribution is 6.02. The summed E-state index contributed by atoms with van der Waals surface area (Å²) in [6.07, 6.45) is 6.89. The summed E-state index contributed by atoms with van der Waals surface area (Å²) in [7, 11) is 0. The Bertz CT molecular complexity index is 788. The largest absolute Gasteiger partial charge is 0.349 e. The van der Waals surface area contributed by atoms with Crippen molar-refractivity contribution in [2.75, 3.05) is 0 Å². The smallest absolute Gasteiger partial charge is 0.262 e. The maximum atomic E-state index is 12.0. The molecule has 0 aliphatic heterocycles. The molecule has 0 spiro atoms. The zero-order valence-corrected chi connectivity index (χ0v) is 14.2. The van der Waals surface area contributed by atoms with E-state index in [1.165, 1.54) is 12.2 Å². The van der Waals surface area contributed by atoms with Gasteiger partial charge < -0.3 is 10.6 Å². The third kappa shape index (κ3) is 4.81. The minimum Gasteiger partial charge on any atom is -0.349 e. The van der Waals surface area contributed by atoms with Crippen LogP contribution in [0.4, 0.5) is 0 Å². The zero-order chi connectivity index (χ0) is 18.5. The highest BCUT2D eigenvalue weighted by atomic mass is 16.2. The van der Waals surface area contributed by atoms with Gasteiger partial charge in [0.1, 0.15) is 23.3 Å². The van der Waals surface area contributed by atoms with Gasteiger partial charge in [0.05, 0.1) is 0 Å². The van der Waals surface area contributed by atoms with Crippen LogP contribution < -0.4 is 10.6 Å². The Balaban J connectivity index is 1.70. The molecular formula is C20H18N4O2. The minimum absolute atomic E-state index is 0.0571. The van der Waals surface area contributed by atoms with E-state index in [1.54, 1.807) is 24.3 Å². The molecule has 2 saturated carbocycles. The van der Waals surface area contributed by atoms with Crippen LogP contribution >= 0.6 is 0 Å². The number of rotatable bonds is 6. The van der Waals surface area contributed by atoms with Crippen LogP contribution in [0.5, 0.6) is 0 Å². The summed E-state index contributed by atoms with van der Waals surface area (Å²) in [4.78, 5) is 23.9. The first-order chi connectivity index (χ1) is 12.6. The van der Waals surface area contributed by atoms with E-state index in [2.05, 4.69) is 10.6 Å². The highest BCUT2D eigenvalue weighted by Crippen LogP contribution is 2.20. The summed E-state index contributed by atoms with van der Waals surface area (Å²) in [5, 5.41) is 23.9. The van der Waals surface area contributed by atoms with Crippen LogP contribution in [0, 0.1) is 22.7 Å². The molecule has 1 aromatic carbocycles. The third-order valence-electron chi connectivity index (χ3n) is 4.11. The van der Waals surface area contributed by atoms with Crippen molar-refractivity contribution >= 4 is 24.0 Å². The van der Waals surface area contributed by atoms with Crippen LogP contribution in [-0.4, -0.2) is 23.9 Å². The van der Waals surface area contributed by atoms with E-state index in [0.29, 0.717) is 11.1 Å². The molecule has 0 unspecified atom stereocenters. The first-order valence-corrected chi connectivity index (χ1v) is 8.54. The molecule has 2 N–H and O–H groups in total. The van der Waals surface area contributed by atoms with Gasteiger partial charge in [0.15, 0.2) is 0 Å². The lowest BCUT2D eigenvalue weighted by molar-refractivity contribution is -0.118. The monoisotopic (exact) mass is 346 g/mol. The summed E-state index contributed by atoms with van der Waals surface area (Å²) in [5.74, 6) is -0.718. The molecule has 2 aliphatic carbocycles. The van der Waals surface area contributed by atoms with Crippen molar-refractivity contribution in [1.82, 2.24) is 10.6 Å². The Hall–Kier alpha value is -3.38. The van der Waals surface area contributed by atoms with Gasteiger partial charge in [-0.25, -0.2) is 0 Å². The number of nitrogens with zero attached hydrogens (tertiary/aromatic N) is 2. The lowest BCUT2D eigenvalue weighted by atomic mass is 10.1. The molecule has 2 aliphatic rings. The summed E-state index contributed by atoms with van der Waals surface area (Å²) < 4.78 is 0. The molecule has 6 nitrogen and oxygen atoms in total. The van der Waals surface area contributed by atoms with Crippen molar-refractivity contribution in [3.05, 3.63) is 46.5 Å². The van der Waals surface area contributed by atoms with Crippen LogP contribution in [0.2, 0.25) is 0 Å². The predicted molar refractivity (Wildman–Crippen MR) is 96.0 cm³/mol. The van der Waals surface area contributed by atoms with Gasteiger partial charge in [0.2, 0.25) is 0 Å². The average Bonchev–Trinajstić information content (AvgIpc) is 3.55. The number of hydrogen-bond donors (Lipinski definition) is 2. The molecule has 0 heterocycles. The molecule has 1 aromatic rings. The number of nitrogens with one attached hydrogen (secondary N) is 2. The average molecular weight is 346 g/mol. The van der Waals surface area contributed by atoms with Gasteiger partial charge in [-0.15, -0.1) is 0 Å². The van der Waals surface area contributed by atoms with Crippen LogP contribution in [0.15, 0.2) is 35.4 Å². The van der Waals surface area contributed by atoms with Gasteiger partial charge in [-0.3, -0.25) is 9.59 Å². The topological polar surface area (TPSA) is 106 Å². The van der Waals surface area contributed by atoms with Crippen LogP contribution in [0.3, 0.4) is 0 Å². The quantitative estimate of drug-likeness (QED) is 0.607. The van der Waals surface area contributed by atoms with Gasteiger partial charge in [0.25, 0.3) is 11.8 Å². The summed E-state index contributed by atoms with van der Waals surface area (Å²) >= 11 is 0. The fraction of sp³-hybridized carbons (Fsp3) is 0.300. The van der Waals surface area contributed by atoms with E-state index >= 15 is 0 Å². The minimum atomic E-state index is -0.359. The zero-order valence-electron chi connectivity index (χ0n) is 14.2. The van der Waals surface area contributed by atoms with Gasteiger partial charge in [-0.1, -0.05) is 24.3 Å². The molecule has 0 atom stereocenters. The molecule has 2 amide bonds. The molecule has 0 saturated heterocycles. The number of carbonyl (C=O) groups is 2. The Morgan fingerprint density at radius 2 is 1.15 bits per heavy atom. The Labute approximate surface area is 151 Å². The summed E-state index contributed by atoms with van der Waals surface area (Å²) in [6.45, 7) is 0. The molecular weight excluding hydrogens is 328 g/mol. The molecule has 2 fully saturated rings. The van der Waals surface area contributed by atoms with Crippen molar-refractivity contribution in [2.45, 2.75) is 37.8 Å². The molecule has 130 valence electrons. The first kappa shape index (κ1) is 17.4. The molecule has 6 heteroatoms. The number of carbonyl (C=O) groups excluding carboxylic acids is 2. The van der Waals surface area contributed by atoms with Crippen molar-refractivity contribution in [2.24, 2.45) is 0 Å². The molecule has 26 heavy (non-hydrogen) atoms. The van der Waals surface area contributed by atoms with E-state index in [1.807, 2.05) is 12.1 Å². The second kappa shape index (κ2) is 7.67. The summed E-state index contributed by atoms with van der Waals surface area (Å²) in [6, 6.07) is 11.2. The van der Waals surface area contributed by atoms with Crippen molar-refractivity contribution < 1.29 is 9.59 Å². The molecule has 0 bridgehead atoms. The standard InChI is InChI=1S/C20H18N4O2/c21-11-15(19(25)23-17-5-6-17)9-13-1-2-14(4-3-13)10-16(12-22)20(26)24-18-7-8-18/h1-4,9-10,17-18H,5-8H2,(H,23,25)(H,24,26). The fourth-order valence-electron chi connectivity index (χ4n) is 2.30. The first-order valence-electron chi connectivity index (χ1n) is 8.54. The Kier molecular flexibility index (Phi) is 5.15. The lowest BCUT2D eigenvalue weighted by Crippen LogP contribution is -2.26. The van der Waals surface area contributed by atoms with Crippen molar-refractivity contribution in [3.63, 3.8) is 0 Å². The maximum Gasteiger partial charge on any atom is 0.262 e. The van der Waals surface area contributed by atoms with E-state index in [4.69, 9.17) is 10.5 Å². The van der Waals surface area contributed by atoms with Gasteiger partial charge in [-0.05, 0) is 49.0 Å². The molecule has 0 radical (unpaired) electrons. The van der Waals surface area contributed by atoms with Crippen molar-refractivity contribution in [3.8, 4) is 12.1 Å². The maximum absolute atomic E-state index is 12.0. The van der Waals surface area contributed by atoms with Crippen molar-refractivity contribution in [1.29, 1.82) is 10.5 Å². The van der Waals surface area contributed by atoms with E-state index < -0.39 is 0 Å². The normalized spacial score (nSPS) is 17.0.